The summed E-state index contributed by atoms with van der Waals surface area (Å²) in [6, 6.07) is 15.5. The Kier molecular flexibility index (Phi) is 6.54. The van der Waals surface area contributed by atoms with E-state index in [1.165, 1.54) is 0 Å². The topological polar surface area (TPSA) is 62.6 Å². The van der Waals surface area contributed by atoms with Gasteiger partial charge in [-0.3, -0.25) is 9.48 Å². The Hall–Kier alpha value is -3.28. The maximum Gasteiger partial charge on any atom is 0.327 e. The van der Waals surface area contributed by atoms with E-state index >= 15 is 0 Å². The van der Waals surface area contributed by atoms with Crippen molar-refractivity contribution in [2.45, 2.75) is 26.8 Å². The van der Waals surface area contributed by atoms with Crippen molar-refractivity contribution in [1.29, 1.82) is 0 Å². The van der Waals surface area contributed by atoms with Gasteiger partial charge in [-0.05, 0) is 61.9 Å². The molecule has 3 rings (SSSR count). The summed E-state index contributed by atoms with van der Waals surface area (Å²) in [5.41, 5.74) is 4.78. The molecular formula is C23H26N2O4. The Bertz CT molecular complexity index is 960. The third-order valence-corrected chi connectivity index (χ3v) is 4.72. The smallest absolute Gasteiger partial charge is 0.327 e. The fraction of sp³-hybridized carbons (Fsp3) is 0.304. The lowest BCUT2D eigenvalue weighted by Crippen LogP contribution is -2.15. The maximum absolute atomic E-state index is 12.2. The molecule has 0 amide bonds. The van der Waals surface area contributed by atoms with Gasteiger partial charge in [0.25, 0.3) is 0 Å². The van der Waals surface area contributed by atoms with Crippen molar-refractivity contribution in [3.05, 3.63) is 54.1 Å². The Labute approximate surface area is 171 Å². The molecular weight excluding hydrogens is 368 g/mol. The van der Waals surface area contributed by atoms with Crippen LogP contribution >= 0.6 is 0 Å². The minimum absolute atomic E-state index is 0.0539. The molecule has 152 valence electrons. The van der Waals surface area contributed by atoms with Crippen molar-refractivity contribution in [2.24, 2.45) is 0 Å². The predicted octanol–water partition coefficient (Wildman–Crippen LogP) is 4.36. The summed E-state index contributed by atoms with van der Waals surface area (Å²) >= 11 is 0. The summed E-state index contributed by atoms with van der Waals surface area (Å²) < 4.78 is 17.4. The molecule has 0 fully saturated rings. The van der Waals surface area contributed by atoms with Gasteiger partial charge in [-0.2, -0.15) is 5.10 Å². The quantitative estimate of drug-likeness (QED) is 0.531. The highest BCUT2D eigenvalue weighted by molar-refractivity contribution is 5.77. The normalized spacial score (nSPS) is 10.6. The first kappa shape index (κ1) is 20.5. The number of aromatic nitrogens is 2. The number of nitrogens with zero attached hydrogens (tertiary/aromatic N) is 2. The van der Waals surface area contributed by atoms with Gasteiger partial charge >= 0.3 is 5.97 Å². The van der Waals surface area contributed by atoms with Crippen LogP contribution in [0.25, 0.3) is 22.5 Å². The second kappa shape index (κ2) is 9.28. The van der Waals surface area contributed by atoms with Crippen molar-refractivity contribution in [2.75, 3.05) is 20.8 Å². The molecule has 0 radical (unpaired) electrons. The molecule has 0 spiro atoms. The monoisotopic (exact) mass is 394 g/mol. The molecule has 0 N–H and O–H groups in total. The molecule has 6 nitrogen and oxygen atoms in total. The molecule has 0 aliphatic carbocycles. The van der Waals surface area contributed by atoms with E-state index in [1.807, 2.05) is 48.5 Å². The number of carbonyl (C=O) groups is 1. The third-order valence-electron chi connectivity index (χ3n) is 4.72. The largest absolute Gasteiger partial charge is 0.497 e. The lowest BCUT2D eigenvalue weighted by molar-refractivity contribution is -0.144. The van der Waals surface area contributed by atoms with Crippen LogP contribution in [0, 0.1) is 0 Å². The molecule has 0 bridgehead atoms. The molecule has 29 heavy (non-hydrogen) atoms. The van der Waals surface area contributed by atoms with Crippen molar-refractivity contribution in [1.82, 2.24) is 9.78 Å². The second-order valence-corrected chi connectivity index (χ2v) is 6.45. The Morgan fingerprint density at radius 3 is 1.93 bits per heavy atom. The van der Waals surface area contributed by atoms with Gasteiger partial charge < -0.3 is 14.2 Å². The number of esters is 1. The number of benzene rings is 2. The Balaban J connectivity index is 2.13. The van der Waals surface area contributed by atoms with Gasteiger partial charge in [-0.25, -0.2) is 0 Å². The summed E-state index contributed by atoms with van der Waals surface area (Å²) in [5.74, 6) is 1.25. The highest BCUT2D eigenvalue weighted by atomic mass is 16.5. The highest BCUT2D eigenvalue weighted by Gasteiger charge is 2.21. The van der Waals surface area contributed by atoms with Gasteiger partial charge in [0.05, 0.1) is 32.2 Å². The van der Waals surface area contributed by atoms with Gasteiger partial charge in [0.1, 0.15) is 18.0 Å². The van der Waals surface area contributed by atoms with Crippen molar-refractivity contribution >= 4 is 5.97 Å². The van der Waals surface area contributed by atoms with E-state index in [0.29, 0.717) is 6.61 Å². The predicted molar refractivity (Wildman–Crippen MR) is 112 cm³/mol. The molecule has 0 saturated heterocycles. The van der Waals surface area contributed by atoms with E-state index in [9.17, 15) is 4.79 Å². The maximum atomic E-state index is 12.2. The number of methoxy groups -OCH3 is 2. The zero-order chi connectivity index (χ0) is 20.8. The molecule has 0 atom stereocenters. The fourth-order valence-corrected chi connectivity index (χ4v) is 3.33. The first-order valence-corrected chi connectivity index (χ1v) is 9.65. The van der Waals surface area contributed by atoms with E-state index in [2.05, 4.69) is 6.92 Å². The Morgan fingerprint density at radius 1 is 0.897 bits per heavy atom. The third kappa shape index (κ3) is 4.42. The van der Waals surface area contributed by atoms with Crippen LogP contribution in [0.3, 0.4) is 0 Å². The summed E-state index contributed by atoms with van der Waals surface area (Å²) in [4.78, 5) is 12.2. The SMILES string of the molecule is CCOC(=O)Cn1nc(-c2ccc(OC)cc2)c(CC)c1-c1ccc(OC)cc1. The minimum atomic E-state index is -0.311. The molecule has 0 unspecified atom stereocenters. The van der Waals surface area contributed by atoms with Gasteiger partial charge in [0.2, 0.25) is 0 Å². The molecule has 6 heteroatoms. The van der Waals surface area contributed by atoms with E-state index < -0.39 is 0 Å². The molecule has 3 aromatic rings. The van der Waals surface area contributed by atoms with Gasteiger partial charge in [-0.1, -0.05) is 6.92 Å². The lowest BCUT2D eigenvalue weighted by Gasteiger charge is -2.10. The number of ether oxygens (including phenoxy) is 3. The molecule has 2 aromatic carbocycles. The lowest BCUT2D eigenvalue weighted by atomic mass is 10.00. The number of hydrogen-bond donors (Lipinski definition) is 0. The summed E-state index contributed by atoms with van der Waals surface area (Å²) in [7, 11) is 3.28. The van der Waals surface area contributed by atoms with Crippen LogP contribution in [0.1, 0.15) is 19.4 Å². The van der Waals surface area contributed by atoms with Gasteiger partial charge in [-0.15, -0.1) is 0 Å². The zero-order valence-electron chi connectivity index (χ0n) is 17.3. The first-order valence-electron chi connectivity index (χ1n) is 9.65. The van der Waals surface area contributed by atoms with Crippen LogP contribution in [-0.2, 0) is 22.5 Å². The number of carbonyl (C=O) groups excluding carboxylic acids is 1. The van der Waals surface area contributed by atoms with Crippen LogP contribution < -0.4 is 9.47 Å². The molecule has 0 aliphatic rings. The van der Waals surface area contributed by atoms with E-state index in [4.69, 9.17) is 19.3 Å². The number of hydrogen-bond acceptors (Lipinski definition) is 5. The van der Waals surface area contributed by atoms with Crippen LogP contribution in [0.2, 0.25) is 0 Å². The minimum Gasteiger partial charge on any atom is -0.497 e. The zero-order valence-corrected chi connectivity index (χ0v) is 17.3. The van der Waals surface area contributed by atoms with Crippen LogP contribution in [0.5, 0.6) is 11.5 Å². The molecule has 0 aliphatic heterocycles. The van der Waals surface area contributed by atoms with E-state index in [-0.39, 0.29) is 12.5 Å². The van der Waals surface area contributed by atoms with Crippen LogP contribution in [0.15, 0.2) is 48.5 Å². The van der Waals surface area contributed by atoms with Crippen molar-refractivity contribution in [3.63, 3.8) is 0 Å². The van der Waals surface area contributed by atoms with Crippen molar-refractivity contribution in [3.8, 4) is 34.0 Å². The van der Waals surface area contributed by atoms with E-state index in [0.717, 1.165) is 46.0 Å². The first-order chi connectivity index (χ1) is 14.1. The second-order valence-electron chi connectivity index (χ2n) is 6.45. The molecule has 1 heterocycles. The average Bonchev–Trinajstić information content (AvgIpc) is 3.12. The highest BCUT2D eigenvalue weighted by Crippen LogP contribution is 2.34. The number of rotatable bonds is 8. The molecule has 0 saturated carbocycles. The van der Waals surface area contributed by atoms with Gasteiger partial charge in [0, 0.05) is 16.7 Å². The Morgan fingerprint density at radius 2 is 1.45 bits per heavy atom. The van der Waals surface area contributed by atoms with Crippen molar-refractivity contribution < 1.29 is 19.0 Å². The van der Waals surface area contributed by atoms with Gasteiger partial charge in [0.15, 0.2) is 0 Å². The van der Waals surface area contributed by atoms with E-state index in [1.54, 1.807) is 25.8 Å². The molecule has 1 aromatic heterocycles. The average molecular weight is 394 g/mol. The summed E-state index contributed by atoms with van der Waals surface area (Å²) in [6.07, 6.45) is 0.769. The van der Waals surface area contributed by atoms with Crippen LogP contribution in [0.4, 0.5) is 0 Å². The fourth-order valence-electron chi connectivity index (χ4n) is 3.33. The summed E-state index contributed by atoms with van der Waals surface area (Å²) in [5, 5.41) is 4.79. The van der Waals surface area contributed by atoms with Crippen LogP contribution in [-0.4, -0.2) is 36.6 Å². The summed E-state index contributed by atoms with van der Waals surface area (Å²) in [6.45, 7) is 4.28. The standard InChI is InChI=1S/C23H26N2O4/c1-5-20-22(16-7-11-18(27-3)12-8-16)24-25(15-21(26)29-6-2)23(20)17-9-13-19(28-4)14-10-17/h7-14H,5-6,15H2,1-4H3.